The van der Waals surface area contributed by atoms with Crippen molar-refractivity contribution < 1.29 is 19.1 Å². The van der Waals surface area contributed by atoms with Gasteiger partial charge in [0.05, 0.1) is 21.5 Å². The van der Waals surface area contributed by atoms with E-state index in [1.54, 1.807) is 48.5 Å². The Labute approximate surface area is 175 Å². The number of thioether (sulfide) groups is 1. The molecule has 0 saturated carbocycles. The molecule has 1 fully saturated rings. The molecule has 0 radical (unpaired) electrons. The lowest BCUT2D eigenvalue weighted by molar-refractivity contribution is -0.123. The number of imide groups is 1. The van der Waals surface area contributed by atoms with Crippen molar-refractivity contribution in [3.05, 3.63) is 68.5 Å². The van der Waals surface area contributed by atoms with E-state index in [9.17, 15) is 14.4 Å². The number of rotatable bonds is 6. The number of amides is 3. The molecule has 9 heteroatoms. The van der Waals surface area contributed by atoms with Gasteiger partial charge < -0.3 is 10.5 Å². The highest BCUT2D eigenvalue weighted by Crippen LogP contribution is 2.35. The number of halogens is 2. The van der Waals surface area contributed by atoms with Crippen LogP contribution in [0.5, 0.6) is 5.75 Å². The number of benzene rings is 2. The number of carbonyl (C=O) groups excluding carboxylic acids is 3. The molecule has 1 aliphatic heterocycles. The van der Waals surface area contributed by atoms with E-state index >= 15 is 0 Å². The van der Waals surface area contributed by atoms with Crippen LogP contribution in [0.15, 0.2) is 47.4 Å². The summed E-state index contributed by atoms with van der Waals surface area (Å²) in [5.74, 6) is -0.653. The molecule has 1 aliphatic rings. The zero-order valence-electron chi connectivity index (χ0n) is 14.4. The molecule has 2 aromatic rings. The van der Waals surface area contributed by atoms with Crippen molar-refractivity contribution in [1.82, 2.24) is 4.90 Å². The topological polar surface area (TPSA) is 89.7 Å². The highest BCUT2D eigenvalue weighted by Gasteiger charge is 2.35. The summed E-state index contributed by atoms with van der Waals surface area (Å²) in [4.78, 5) is 37.3. The molecular weight excluding hydrogens is 423 g/mol. The third-order valence-corrected chi connectivity index (χ3v) is 5.42. The van der Waals surface area contributed by atoms with Crippen LogP contribution in [0.4, 0.5) is 4.79 Å². The molecule has 2 N–H and O–H groups in total. The molecule has 1 saturated heterocycles. The Morgan fingerprint density at radius 2 is 1.89 bits per heavy atom. The average Bonchev–Trinajstić information content (AvgIpc) is 2.91. The van der Waals surface area contributed by atoms with Gasteiger partial charge in [-0.05, 0) is 41.6 Å². The zero-order valence-corrected chi connectivity index (χ0v) is 16.7. The second kappa shape index (κ2) is 8.68. The van der Waals surface area contributed by atoms with Crippen molar-refractivity contribution in [2.45, 2.75) is 6.54 Å². The minimum Gasteiger partial charge on any atom is -0.483 e. The van der Waals surface area contributed by atoms with E-state index in [0.29, 0.717) is 26.9 Å². The fraction of sp³-hybridized carbons (Fsp3) is 0.105. The second-order valence-corrected chi connectivity index (χ2v) is 7.62. The normalized spacial score (nSPS) is 15.4. The van der Waals surface area contributed by atoms with Gasteiger partial charge in [0.1, 0.15) is 5.75 Å². The van der Waals surface area contributed by atoms with Crippen LogP contribution in [0.1, 0.15) is 11.1 Å². The number of ether oxygens (including phenoxy) is 1. The van der Waals surface area contributed by atoms with E-state index < -0.39 is 17.1 Å². The SMILES string of the molecule is NC(=O)COc1ccccc1/C=C1/SC(=O)N(Cc2ccc(Cl)c(Cl)c2)C1=O. The van der Waals surface area contributed by atoms with E-state index in [-0.39, 0.29) is 18.1 Å². The Kier molecular flexibility index (Phi) is 6.28. The molecule has 0 spiro atoms. The van der Waals surface area contributed by atoms with Crippen LogP contribution < -0.4 is 10.5 Å². The van der Waals surface area contributed by atoms with Crippen molar-refractivity contribution in [1.29, 1.82) is 0 Å². The van der Waals surface area contributed by atoms with E-state index in [0.717, 1.165) is 16.7 Å². The van der Waals surface area contributed by atoms with Gasteiger partial charge in [0.15, 0.2) is 6.61 Å². The number of nitrogens with zero attached hydrogens (tertiary/aromatic N) is 1. The molecule has 0 aliphatic carbocycles. The van der Waals surface area contributed by atoms with Crippen molar-refractivity contribution in [2.24, 2.45) is 5.73 Å². The number of nitrogens with two attached hydrogens (primary N) is 1. The summed E-state index contributed by atoms with van der Waals surface area (Å²) in [6, 6.07) is 11.8. The van der Waals surface area contributed by atoms with Crippen LogP contribution in [0.2, 0.25) is 10.0 Å². The predicted molar refractivity (Wildman–Crippen MR) is 109 cm³/mol. The number of para-hydroxylation sites is 1. The lowest BCUT2D eigenvalue weighted by atomic mass is 10.1. The number of hydrogen-bond donors (Lipinski definition) is 1. The molecule has 2 aromatic carbocycles. The summed E-state index contributed by atoms with van der Waals surface area (Å²) < 4.78 is 5.35. The zero-order chi connectivity index (χ0) is 20.3. The Bertz CT molecular complexity index is 994. The molecule has 6 nitrogen and oxygen atoms in total. The Morgan fingerprint density at radius 1 is 1.14 bits per heavy atom. The van der Waals surface area contributed by atoms with E-state index in [1.165, 1.54) is 0 Å². The van der Waals surface area contributed by atoms with Crippen molar-refractivity contribution in [2.75, 3.05) is 6.61 Å². The van der Waals surface area contributed by atoms with Gasteiger partial charge in [0, 0.05) is 5.56 Å². The lowest BCUT2D eigenvalue weighted by Crippen LogP contribution is -2.27. The third kappa shape index (κ3) is 4.67. The van der Waals surface area contributed by atoms with Gasteiger partial charge in [0.25, 0.3) is 17.1 Å². The van der Waals surface area contributed by atoms with Crippen molar-refractivity contribution in [3.63, 3.8) is 0 Å². The van der Waals surface area contributed by atoms with Crippen LogP contribution >= 0.6 is 35.0 Å². The molecule has 3 rings (SSSR count). The van der Waals surface area contributed by atoms with E-state index in [1.807, 2.05) is 0 Å². The van der Waals surface area contributed by atoms with Crippen LogP contribution in [0.3, 0.4) is 0 Å². The summed E-state index contributed by atoms with van der Waals surface area (Å²) >= 11 is 12.7. The number of hydrogen-bond acceptors (Lipinski definition) is 5. The van der Waals surface area contributed by atoms with Crippen molar-refractivity contribution >= 4 is 58.1 Å². The first-order valence-electron chi connectivity index (χ1n) is 8.04. The Morgan fingerprint density at radius 3 is 2.61 bits per heavy atom. The number of carbonyl (C=O) groups is 3. The summed E-state index contributed by atoms with van der Waals surface area (Å²) in [5, 5.41) is 0.354. The summed E-state index contributed by atoms with van der Waals surface area (Å²) in [7, 11) is 0. The van der Waals surface area contributed by atoms with Gasteiger partial charge in [-0.1, -0.05) is 47.5 Å². The maximum atomic E-state index is 12.7. The smallest absolute Gasteiger partial charge is 0.293 e. The molecular formula is C19H14Cl2N2O4S. The summed E-state index contributed by atoms with van der Waals surface area (Å²) in [5.41, 5.74) is 6.34. The van der Waals surface area contributed by atoms with Crippen LogP contribution in [0.25, 0.3) is 6.08 Å². The lowest BCUT2D eigenvalue weighted by Gasteiger charge is -2.13. The maximum absolute atomic E-state index is 12.7. The first-order chi connectivity index (χ1) is 13.3. The van der Waals surface area contributed by atoms with Crippen LogP contribution in [-0.4, -0.2) is 28.6 Å². The van der Waals surface area contributed by atoms with Gasteiger partial charge in [0.2, 0.25) is 0 Å². The van der Waals surface area contributed by atoms with Gasteiger partial charge in [-0.2, -0.15) is 0 Å². The highest BCUT2D eigenvalue weighted by molar-refractivity contribution is 8.18. The predicted octanol–water partition coefficient (Wildman–Crippen LogP) is 4.09. The minimum absolute atomic E-state index is 0.0821. The van der Waals surface area contributed by atoms with Gasteiger partial charge in [-0.25, -0.2) is 0 Å². The molecule has 28 heavy (non-hydrogen) atoms. The van der Waals surface area contributed by atoms with Gasteiger partial charge in [-0.3, -0.25) is 19.3 Å². The average molecular weight is 437 g/mol. The second-order valence-electron chi connectivity index (χ2n) is 5.81. The Hall–Kier alpha value is -2.48. The Balaban J connectivity index is 1.81. The number of primary amides is 1. The van der Waals surface area contributed by atoms with E-state index in [4.69, 9.17) is 33.7 Å². The van der Waals surface area contributed by atoms with Crippen LogP contribution in [0, 0.1) is 0 Å². The quantitative estimate of drug-likeness (QED) is 0.688. The molecule has 1 heterocycles. The first-order valence-corrected chi connectivity index (χ1v) is 9.62. The largest absolute Gasteiger partial charge is 0.483 e. The molecule has 0 unspecified atom stereocenters. The first kappa shape index (κ1) is 20.3. The molecule has 0 atom stereocenters. The summed E-state index contributed by atoms with van der Waals surface area (Å²) in [6.07, 6.45) is 1.55. The minimum atomic E-state index is -0.614. The van der Waals surface area contributed by atoms with Crippen LogP contribution in [-0.2, 0) is 16.1 Å². The maximum Gasteiger partial charge on any atom is 0.293 e. The monoisotopic (exact) mass is 436 g/mol. The highest BCUT2D eigenvalue weighted by atomic mass is 35.5. The van der Waals surface area contributed by atoms with E-state index in [2.05, 4.69) is 0 Å². The molecule has 3 amide bonds. The molecule has 0 aromatic heterocycles. The van der Waals surface area contributed by atoms with Gasteiger partial charge >= 0.3 is 0 Å². The fourth-order valence-corrected chi connectivity index (χ4v) is 3.63. The summed E-state index contributed by atoms with van der Waals surface area (Å²) in [6.45, 7) is -0.206. The van der Waals surface area contributed by atoms with Crippen molar-refractivity contribution in [3.8, 4) is 5.75 Å². The molecule has 144 valence electrons. The van der Waals surface area contributed by atoms with Gasteiger partial charge in [-0.15, -0.1) is 0 Å². The standard InChI is InChI=1S/C19H14Cl2N2O4S/c20-13-6-5-11(7-14(13)21)9-23-18(25)16(28-19(23)26)8-12-3-1-2-4-15(12)27-10-17(22)24/h1-8H,9-10H2,(H2,22,24)/b16-8+. The third-order valence-electron chi connectivity index (χ3n) is 3.77. The fourth-order valence-electron chi connectivity index (χ4n) is 2.48. The molecule has 0 bridgehead atoms.